The first kappa shape index (κ1) is 19.6. The summed E-state index contributed by atoms with van der Waals surface area (Å²) in [6, 6.07) is 10.3. The average Bonchev–Trinajstić information content (AvgIpc) is 3.20. The zero-order valence-corrected chi connectivity index (χ0v) is 16.9. The van der Waals surface area contributed by atoms with Crippen molar-refractivity contribution in [2.75, 3.05) is 5.32 Å². The van der Waals surface area contributed by atoms with Crippen molar-refractivity contribution in [1.82, 2.24) is 19.6 Å². The largest absolute Gasteiger partial charge is 0.307 e. The van der Waals surface area contributed by atoms with Crippen LogP contribution >= 0.6 is 0 Å². The van der Waals surface area contributed by atoms with Gasteiger partial charge in [0.25, 0.3) is 0 Å². The molecule has 0 spiro atoms. The van der Waals surface area contributed by atoms with Gasteiger partial charge in [0.1, 0.15) is 5.82 Å². The standard InChI is InChI=1S/C22H27N5O/c1-5-14-26-21(12-13-23-26)24-22(28)11-10-20-17(3)25-27(18(20)4)15-19-8-6-16(2)7-9-19/h6-13H,5,14-15H2,1-4H3,(H,24,28)/b11-10+. The SMILES string of the molecule is CCCn1nccc1NC(=O)/C=C/c1c(C)nn(Cc2ccc(C)cc2)c1C. The second-order valence-corrected chi connectivity index (χ2v) is 6.99. The van der Waals surface area contributed by atoms with Gasteiger partial charge in [-0.15, -0.1) is 0 Å². The molecular formula is C22H27N5O. The van der Waals surface area contributed by atoms with Crippen molar-refractivity contribution < 1.29 is 4.79 Å². The van der Waals surface area contributed by atoms with E-state index in [0.29, 0.717) is 12.4 Å². The predicted molar refractivity (Wildman–Crippen MR) is 112 cm³/mol. The van der Waals surface area contributed by atoms with Gasteiger partial charge >= 0.3 is 0 Å². The number of aryl methyl sites for hydroxylation is 3. The van der Waals surface area contributed by atoms with E-state index in [1.807, 2.05) is 24.6 Å². The van der Waals surface area contributed by atoms with Gasteiger partial charge in [0.15, 0.2) is 0 Å². The highest BCUT2D eigenvalue weighted by Gasteiger charge is 2.10. The highest BCUT2D eigenvalue weighted by molar-refractivity contribution is 6.01. The molecule has 28 heavy (non-hydrogen) atoms. The van der Waals surface area contributed by atoms with Gasteiger partial charge in [0, 0.05) is 29.9 Å². The van der Waals surface area contributed by atoms with Crippen LogP contribution in [-0.2, 0) is 17.9 Å². The van der Waals surface area contributed by atoms with Crippen molar-refractivity contribution in [3.8, 4) is 0 Å². The second kappa shape index (κ2) is 8.69. The Kier molecular flexibility index (Phi) is 6.09. The number of carbonyl (C=O) groups excluding carboxylic acids is 1. The Morgan fingerprint density at radius 2 is 1.86 bits per heavy atom. The number of amides is 1. The van der Waals surface area contributed by atoms with Crippen molar-refractivity contribution in [3.05, 3.63) is 70.7 Å². The highest BCUT2D eigenvalue weighted by atomic mass is 16.1. The summed E-state index contributed by atoms with van der Waals surface area (Å²) < 4.78 is 3.77. The first-order valence-electron chi connectivity index (χ1n) is 9.58. The minimum Gasteiger partial charge on any atom is -0.307 e. The number of nitrogens with one attached hydrogen (secondary N) is 1. The molecule has 0 aliphatic carbocycles. The molecular weight excluding hydrogens is 350 g/mol. The van der Waals surface area contributed by atoms with E-state index < -0.39 is 0 Å². The van der Waals surface area contributed by atoms with Crippen LogP contribution in [0.15, 0.2) is 42.6 Å². The molecule has 2 aromatic heterocycles. The number of benzene rings is 1. The summed E-state index contributed by atoms with van der Waals surface area (Å²) in [4.78, 5) is 12.3. The molecule has 0 saturated heterocycles. The topological polar surface area (TPSA) is 64.7 Å². The number of aromatic nitrogens is 4. The lowest BCUT2D eigenvalue weighted by Gasteiger charge is -2.06. The van der Waals surface area contributed by atoms with Crippen molar-refractivity contribution in [1.29, 1.82) is 0 Å². The number of carbonyl (C=O) groups is 1. The van der Waals surface area contributed by atoms with Gasteiger partial charge < -0.3 is 5.32 Å². The predicted octanol–water partition coefficient (Wildman–Crippen LogP) is 4.12. The van der Waals surface area contributed by atoms with Crippen LogP contribution in [0.3, 0.4) is 0 Å². The highest BCUT2D eigenvalue weighted by Crippen LogP contribution is 2.17. The van der Waals surface area contributed by atoms with E-state index in [4.69, 9.17) is 0 Å². The fourth-order valence-corrected chi connectivity index (χ4v) is 3.13. The van der Waals surface area contributed by atoms with Gasteiger partial charge in [0.05, 0.1) is 18.4 Å². The number of hydrogen-bond acceptors (Lipinski definition) is 3. The van der Waals surface area contributed by atoms with Crippen LogP contribution in [0.25, 0.3) is 6.08 Å². The van der Waals surface area contributed by atoms with Crippen LogP contribution in [0.1, 0.15) is 41.4 Å². The summed E-state index contributed by atoms with van der Waals surface area (Å²) in [7, 11) is 0. The number of anilines is 1. The number of rotatable bonds is 7. The molecule has 0 unspecified atom stereocenters. The lowest BCUT2D eigenvalue weighted by molar-refractivity contribution is -0.111. The first-order valence-corrected chi connectivity index (χ1v) is 9.58. The van der Waals surface area contributed by atoms with Gasteiger partial charge in [-0.3, -0.25) is 9.48 Å². The van der Waals surface area contributed by atoms with Crippen molar-refractivity contribution >= 4 is 17.8 Å². The normalized spacial score (nSPS) is 11.3. The first-order chi connectivity index (χ1) is 13.5. The summed E-state index contributed by atoms with van der Waals surface area (Å²) in [5.41, 5.74) is 5.37. The van der Waals surface area contributed by atoms with E-state index in [1.54, 1.807) is 23.0 Å². The molecule has 146 valence electrons. The minimum absolute atomic E-state index is 0.178. The monoisotopic (exact) mass is 377 g/mol. The molecule has 1 N–H and O–H groups in total. The Morgan fingerprint density at radius 3 is 2.57 bits per heavy atom. The summed E-state index contributed by atoms with van der Waals surface area (Å²) in [5.74, 6) is 0.531. The zero-order chi connectivity index (χ0) is 20.1. The summed E-state index contributed by atoms with van der Waals surface area (Å²) in [6.45, 7) is 9.64. The fourth-order valence-electron chi connectivity index (χ4n) is 3.13. The molecule has 0 bridgehead atoms. The smallest absolute Gasteiger partial charge is 0.249 e. The Bertz CT molecular complexity index is 979. The van der Waals surface area contributed by atoms with Crippen LogP contribution in [-0.4, -0.2) is 25.5 Å². The third kappa shape index (κ3) is 4.57. The molecule has 1 amide bonds. The maximum atomic E-state index is 12.3. The van der Waals surface area contributed by atoms with E-state index in [0.717, 1.165) is 29.9 Å². The maximum absolute atomic E-state index is 12.3. The Balaban J connectivity index is 1.71. The second-order valence-electron chi connectivity index (χ2n) is 6.99. The molecule has 0 saturated carbocycles. The van der Waals surface area contributed by atoms with E-state index in [-0.39, 0.29) is 5.91 Å². The molecule has 1 aromatic carbocycles. The van der Waals surface area contributed by atoms with Crippen LogP contribution in [0.5, 0.6) is 0 Å². The van der Waals surface area contributed by atoms with Crippen molar-refractivity contribution in [3.63, 3.8) is 0 Å². The Labute approximate surface area is 165 Å². The maximum Gasteiger partial charge on any atom is 0.249 e. The molecule has 0 aliphatic heterocycles. The van der Waals surface area contributed by atoms with Gasteiger partial charge in [-0.1, -0.05) is 36.8 Å². The van der Waals surface area contributed by atoms with Gasteiger partial charge in [-0.05, 0) is 38.8 Å². The van der Waals surface area contributed by atoms with Crippen molar-refractivity contribution in [2.45, 2.75) is 47.2 Å². The van der Waals surface area contributed by atoms with Crippen LogP contribution < -0.4 is 5.32 Å². The summed E-state index contributed by atoms with van der Waals surface area (Å²) >= 11 is 0. The van der Waals surface area contributed by atoms with Gasteiger partial charge in [0.2, 0.25) is 5.91 Å². The molecule has 0 radical (unpaired) electrons. The average molecular weight is 377 g/mol. The Hall–Kier alpha value is -3.15. The molecule has 0 fully saturated rings. The molecule has 0 aliphatic rings. The van der Waals surface area contributed by atoms with E-state index in [2.05, 4.69) is 53.6 Å². The van der Waals surface area contributed by atoms with Crippen LogP contribution in [0.4, 0.5) is 5.82 Å². The number of hydrogen-bond donors (Lipinski definition) is 1. The number of nitrogens with zero attached hydrogens (tertiary/aromatic N) is 4. The molecule has 6 heteroatoms. The van der Waals surface area contributed by atoms with Crippen LogP contribution in [0.2, 0.25) is 0 Å². The minimum atomic E-state index is -0.178. The summed E-state index contributed by atoms with van der Waals surface area (Å²) in [6.07, 6.45) is 6.03. The van der Waals surface area contributed by atoms with Gasteiger partial charge in [-0.2, -0.15) is 10.2 Å². The van der Waals surface area contributed by atoms with Crippen molar-refractivity contribution in [2.24, 2.45) is 0 Å². The quantitative estimate of drug-likeness (QED) is 0.630. The summed E-state index contributed by atoms with van der Waals surface area (Å²) in [5, 5.41) is 11.7. The molecule has 6 nitrogen and oxygen atoms in total. The molecule has 2 heterocycles. The zero-order valence-electron chi connectivity index (χ0n) is 16.9. The van der Waals surface area contributed by atoms with E-state index >= 15 is 0 Å². The van der Waals surface area contributed by atoms with E-state index in [9.17, 15) is 4.79 Å². The van der Waals surface area contributed by atoms with Gasteiger partial charge in [-0.25, -0.2) is 4.68 Å². The molecule has 3 aromatic rings. The van der Waals surface area contributed by atoms with E-state index in [1.165, 1.54) is 11.1 Å². The third-order valence-electron chi connectivity index (χ3n) is 4.69. The lowest BCUT2D eigenvalue weighted by Crippen LogP contribution is -2.13. The lowest BCUT2D eigenvalue weighted by atomic mass is 10.1. The molecule has 3 rings (SSSR count). The molecule has 0 atom stereocenters. The third-order valence-corrected chi connectivity index (χ3v) is 4.69. The Morgan fingerprint density at radius 1 is 1.11 bits per heavy atom. The van der Waals surface area contributed by atoms with Crippen LogP contribution in [0, 0.1) is 20.8 Å². The fraction of sp³-hybridized carbons (Fsp3) is 0.318.